The minimum Gasteiger partial charge on any atom is -0.481 e. The summed E-state index contributed by atoms with van der Waals surface area (Å²) in [6.07, 6.45) is -1.21. The summed E-state index contributed by atoms with van der Waals surface area (Å²) in [4.78, 5) is 40.4. The fourth-order valence-corrected chi connectivity index (χ4v) is 10.8. The number of aryl methyl sites for hydroxylation is 1. The van der Waals surface area contributed by atoms with E-state index in [1.165, 1.54) is 4.57 Å². The number of aromatic nitrogens is 2. The van der Waals surface area contributed by atoms with Gasteiger partial charge in [0, 0.05) is 11.9 Å². The average Bonchev–Trinajstić information content (AvgIpc) is 3.06. The highest BCUT2D eigenvalue weighted by atomic mass is 28.4. The lowest BCUT2D eigenvalue weighted by Gasteiger charge is -2.45. The first kappa shape index (κ1) is 28.2. The Morgan fingerprint density at radius 3 is 2.18 bits per heavy atom. The zero-order valence-electron chi connectivity index (χ0n) is 21.6. The predicted molar refractivity (Wildman–Crippen MR) is 130 cm³/mol. The quantitative estimate of drug-likeness (QED) is 0.358. The van der Waals surface area contributed by atoms with Gasteiger partial charge in [0.05, 0.1) is 18.9 Å². The number of carbonyl (C=O) groups is 2. The Balaban J connectivity index is 2.56. The van der Waals surface area contributed by atoms with Crippen LogP contribution in [-0.4, -0.2) is 53.2 Å². The molecule has 9 nitrogen and oxygen atoms in total. The van der Waals surface area contributed by atoms with Crippen molar-refractivity contribution >= 4 is 20.3 Å². The monoisotopic (exact) mass is 496 g/mol. The molecule has 4 atom stereocenters. The summed E-state index contributed by atoms with van der Waals surface area (Å²) in [6, 6.07) is 1.73. The van der Waals surface area contributed by atoms with Gasteiger partial charge in [0.1, 0.15) is 6.10 Å². The zero-order valence-corrected chi connectivity index (χ0v) is 22.6. The van der Waals surface area contributed by atoms with E-state index in [9.17, 15) is 14.4 Å². The van der Waals surface area contributed by atoms with E-state index in [1.807, 2.05) is 6.92 Å². The van der Waals surface area contributed by atoms with Crippen LogP contribution < -0.4 is 5.69 Å². The maximum Gasteiger partial charge on any atom is 0.349 e. The summed E-state index contributed by atoms with van der Waals surface area (Å²) in [5, 5.41) is 8.96. The molecular formula is C24H40N2O7Si. The van der Waals surface area contributed by atoms with E-state index < -0.39 is 50.5 Å². The van der Waals surface area contributed by atoms with E-state index in [0.29, 0.717) is 12.1 Å². The summed E-state index contributed by atoms with van der Waals surface area (Å²) in [5.74, 6) is -1.69. The number of hydrogen-bond donors (Lipinski definition) is 1. The van der Waals surface area contributed by atoms with Crippen LogP contribution in [0.2, 0.25) is 16.6 Å². The molecule has 1 aromatic heterocycles. The SMILES string of the molecule is CC[C@H]1O[C@@H](n2ccc(C)nc2=O)[C@@H](O[Si](C(C)C)(C(C)C)C(C)C)C1OC(=O)CCC(=O)O. The van der Waals surface area contributed by atoms with Gasteiger partial charge in [-0.1, -0.05) is 48.5 Å². The second-order valence-corrected chi connectivity index (χ2v) is 15.4. The zero-order chi connectivity index (χ0) is 25.8. The summed E-state index contributed by atoms with van der Waals surface area (Å²) in [5.41, 5.74) is 0.896. The lowest BCUT2D eigenvalue weighted by molar-refractivity contribution is -0.157. The molecule has 2 heterocycles. The second-order valence-electron chi connectivity index (χ2n) is 9.98. The molecule has 1 saturated heterocycles. The standard InChI is InChI=1S/C24H40N2O7Si/c1-9-18-21(32-20(29)11-10-19(27)28)22(33-34(14(2)3,15(4)5)16(6)7)23(31-18)26-13-12-17(8)25-24(26)30/h12-16,18,21-23H,9-11H2,1-8H3,(H,27,28)/t18-,21?,22+,23-/m1/s1. The van der Waals surface area contributed by atoms with Crippen molar-refractivity contribution in [1.29, 1.82) is 0 Å². The first-order valence-corrected chi connectivity index (χ1v) is 14.3. The molecule has 0 bridgehead atoms. The topological polar surface area (TPSA) is 117 Å². The van der Waals surface area contributed by atoms with Crippen LogP contribution in [0.3, 0.4) is 0 Å². The highest BCUT2D eigenvalue weighted by Gasteiger charge is 2.55. The number of ether oxygens (including phenoxy) is 2. The first-order valence-electron chi connectivity index (χ1n) is 12.1. The molecule has 1 aliphatic rings. The molecule has 192 valence electrons. The molecule has 0 aliphatic carbocycles. The Bertz CT molecular complexity index is 893. The fraction of sp³-hybridized carbons (Fsp3) is 0.750. The number of nitrogens with zero attached hydrogens (tertiary/aromatic N) is 2. The van der Waals surface area contributed by atoms with Gasteiger partial charge >= 0.3 is 17.6 Å². The van der Waals surface area contributed by atoms with Crippen LogP contribution in [0, 0.1) is 6.92 Å². The summed E-state index contributed by atoms with van der Waals surface area (Å²) in [6.45, 7) is 16.6. The molecule has 1 aliphatic heterocycles. The Labute approximate surface area is 202 Å². The van der Waals surface area contributed by atoms with Gasteiger partial charge in [0.25, 0.3) is 0 Å². The molecular weight excluding hydrogens is 456 g/mol. The third kappa shape index (κ3) is 5.95. The van der Waals surface area contributed by atoms with Crippen LogP contribution in [0.1, 0.15) is 79.7 Å². The van der Waals surface area contributed by atoms with E-state index in [1.54, 1.807) is 19.2 Å². The van der Waals surface area contributed by atoms with Crippen LogP contribution in [0.5, 0.6) is 0 Å². The van der Waals surface area contributed by atoms with Gasteiger partial charge in [0.15, 0.2) is 12.3 Å². The van der Waals surface area contributed by atoms with E-state index in [0.717, 1.165) is 0 Å². The fourth-order valence-electron chi connectivity index (χ4n) is 5.28. The Kier molecular flexibility index (Phi) is 9.61. The highest BCUT2D eigenvalue weighted by molar-refractivity contribution is 6.77. The van der Waals surface area contributed by atoms with Gasteiger partial charge < -0.3 is 19.0 Å². The van der Waals surface area contributed by atoms with E-state index in [4.69, 9.17) is 19.0 Å². The molecule has 1 aromatic rings. The van der Waals surface area contributed by atoms with Crippen LogP contribution in [-0.2, 0) is 23.5 Å². The van der Waals surface area contributed by atoms with Crippen molar-refractivity contribution in [1.82, 2.24) is 9.55 Å². The largest absolute Gasteiger partial charge is 0.481 e. The van der Waals surface area contributed by atoms with Crippen molar-refractivity contribution in [2.75, 3.05) is 0 Å². The number of esters is 1. The summed E-state index contributed by atoms with van der Waals surface area (Å²) >= 11 is 0. The van der Waals surface area contributed by atoms with Crippen molar-refractivity contribution < 1.29 is 28.6 Å². The number of carboxylic acids is 1. The van der Waals surface area contributed by atoms with E-state index >= 15 is 0 Å². The molecule has 2 rings (SSSR count). The summed E-state index contributed by atoms with van der Waals surface area (Å²) in [7, 11) is -2.47. The Morgan fingerprint density at radius 2 is 1.71 bits per heavy atom. The van der Waals surface area contributed by atoms with Gasteiger partial charge in [0.2, 0.25) is 8.32 Å². The van der Waals surface area contributed by atoms with Crippen molar-refractivity contribution in [3.8, 4) is 0 Å². The second kappa shape index (κ2) is 11.6. The maximum atomic E-state index is 12.8. The molecule has 0 spiro atoms. The van der Waals surface area contributed by atoms with Gasteiger partial charge in [-0.15, -0.1) is 0 Å². The van der Waals surface area contributed by atoms with Gasteiger partial charge in [-0.3, -0.25) is 14.2 Å². The predicted octanol–water partition coefficient (Wildman–Crippen LogP) is 4.20. The van der Waals surface area contributed by atoms with Gasteiger partial charge in [-0.05, 0) is 36.0 Å². The molecule has 0 radical (unpaired) electrons. The number of carbonyl (C=O) groups excluding carboxylic acids is 1. The number of carboxylic acid groups (broad SMARTS) is 1. The third-order valence-corrected chi connectivity index (χ3v) is 12.9. The van der Waals surface area contributed by atoms with Gasteiger partial charge in [-0.2, -0.15) is 4.98 Å². The number of hydrogen-bond acceptors (Lipinski definition) is 7. The molecule has 0 saturated carbocycles. The minimum absolute atomic E-state index is 0.243. The van der Waals surface area contributed by atoms with Crippen molar-refractivity contribution in [2.45, 2.75) is 116 Å². The van der Waals surface area contributed by atoms with Crippen molar-refractivity contribution in [3.05, 3.63) is 28.4 Å². The molecule has 1 N–H and O–H groups in total. The van der Waals surface area contributed by atoms with Crippen LogP contribution in [0.4, 0.5) is 0 Å². The lowest BCUT2D eigenvalue weighted by Crippen LogP contribution is -2.54. The smallest absolute Gasteiger partial charge is 0.349 e. The first-order chi connectivity index (χ1) is 15.8. The average molecular weight is 497 g/mol. The summed E-state index contributed by atoms with van der Waals surface area (Å²) < 4.78 is 20.5. The van der Waals surface area contributed by atoms with E-state index in [2.05, 4.69) is 46.5 Å². The third-order valence-electron chi connectivity index (χ3n) is 6.79. The van der Waals surface area contributed by atoms with Crippen molar-refractivity contribution in [3.63, 3.8) is 0 Å². The van der Waals surface area contributed by atoms with Gasteiger partial charge in [-0.25, -0.2) is 4.79 Å². The molecule has 0 amide bonds. The molecule has 1 fully saturated rings. The number of aliphatic carboxylic acids is 1. The highest BCUT2D eigenvalue weighted by Crippen LogP contribution is 2.47. The van der Waals surface area contributed by atoms with Crippen LogP contribution in [0.25, 0.3) is 0 Å². The molecule has 1 unspecified atom stereocenters. The maximum absolute atomic E-state index is 12.8. The molecule has 34 heavy (non-hydrogen) atoms. The minimum atomic E-state index is -2.47. The Hall–Kier alpha value is -2.04. The van der Waals surface area contributed by atoms with Crippen LogP contribution >= 0.6 is 0 Å². The Morgan fingerprint density at radius 1 is 1.12 bits per heavy atom. The van der Waals surface area contributed by atoms with E-state index in [-0.39, 0.29) is 29.5 Å². The van der Waals surface area contributed by atoms with Crippen molar-refractivity contribution in [2.24, 2.45) is 0 Å². The van der Waals surface area contributed by atoms with Crippen LogP contribution in [0.15, 0.2) is 17.1 Å². The molecule has 10 heteroatoms. The molecule has 0 aromatic carbocycles. The number of rotatable bonds is 11. The normalized spacial score (nSPS) is 23.1. The lowest BCUT2D eigenvalue weighted by atomic mass is 10.1.